The Hall–Kier alpha value is -0.610. The molecule has 0 saturated heterocycles. The molecule has 4 nitrogen and oxygen atoms in total. The number of nitrogens with one attached hydrogen (secondary N) is 2. The summed E-state index contributed by atoms with van der Waals surface area (Å²) < 4.78 is 5.06. The summed E-state index contributed by atoms with van der Waals surface area (Å²) in [5.74, 6) is 0.361. The normalized spacial score (nSPS) is 13.8. The second-order valence-electron chi connectivity index (χ2n) is 4.09. The highest BCUT2D eigenvalue weighted by Crippen LogP contribution is 2.06. The monoisotopic (exact) mass is 202 g/mol. The fraction of sp³-hybridized carbons (Fsp3) is 0.900. The first-order valence-corrected chi connectivity index (χ1v) is 4.92. The number of amides is 1. The molecule has 0 aromatic rings. The van der Waals surface area contributed by atoms with Gasteiger partial charge >= 0.3 is 0 Å². The van der Waals surface area contributed by atoms with E-state index in [0.29, 0.717) is 12.5 Å². The molecule has 0 aromatic heterocycles. The summed E-state index contributed by atoms with van der Waals surface area (Å²) in [6.45, 7) is 7.16. The summed E-state index contributed by atoms with van der Waals surface area (Å²) in [4.78, 5) is 11.5. The first-order valence-electron chi connectivity index (χ1n) is 4.92. The maximum atomic E-state index is 11.5. The Bertz CT molecular complexity index is 181. The molecule has 1 amide bonds. The van der Waals surface area contributed by atoms with E-state index in [9.17, 15) is 4.79 Å². The van der Waals surface area contributed by atoms with Crippen molar-refractivity contribution in [2.45, 2.75) is 26.4 Å². The van der Waals surface area contributed by atoms with Crippen LogP contribution in [0, 0.1) is 5.92 Å². The number of carbonyl (C=O) groups excluding carboxylic acids is 1. The van der Waals surface area contributed by atoms with E-state index in [-0.39, 0.29) is 5.91 Å². The van der Waals surface area contributed by atoms with Gasteiger partial charge in [-0.15, -0.1) is 0 Å². The van der Waals surface area contributed by atoms with Gasteiger partial charge in [-0.3, -0.25) is 4.79 Å². The third-order valence-corrected chi connectivity index (χ3v) is 2.22. The van der Waals surface area contributed by atoms with Gasteiger partial charge in [0.05, 0.1) is 0 Å². The molecule has 0 radical (unpaired) electrons. The largest absolute Gasteiger partial charge is 0.369 e. The molecule has 0 spiro atoms. The molecule has 0 aromatic carbocycles. The standard InChI is InChI=1S/C10H22N2O2/c1-8(6-11-4)7-12-9(13)10(2,3)14-5/h8,11H,6-7H2,1-5H3,(H,12,13). The summed E-state index contributed by atoms with van der Waals surface area (Å²) in [6, 6.07) is 0. The van der Waals surface area contributed by atoms with Gasteiger partial charge in [-0.1, -0.05) is 6.92 Å². The maximum Gasteiger partial charge on any atom is 0.251 e. The summed E-state index contributed by atoms with van der Waals surface area (Å²) in [6.07, 6.45) is 0. The number of methoxy groups -OCH3 is 1. The number of ether oxygens (including phenoxy) is 1. The Morgan fingerprint density at radius 3 is 2.43 bits per heavy atom. The lowest BCUT2D eigenvalue weighted by Gasteiger charge is -2.22. The number of hydrogen-bond donors (Lipinski definition) is 2. The van der Waals surface area contributed by atoms with E-state index in [0.717, 1.165) is 6.54 Å². The summed E-state index contributed by atoms with van der Waals surface area (Å²) in [5, 5.41) is 5.92. The molecule has 0 bridgehead atoms. The number of hydrogen-bond acceptors (Lipinski definition) is 3. The average molecular weight is 202 g/mol. The molecule has 0 heterocycles. The minimum absolute atomic E-state index is 0.0667. The first-order chi connectivity index (χ1) is 6.44. The average Bonchev–Trinajstić information content (AvgIpc) is 2.14. The maximum absolute atomic E-state index is 11.5. The second kappa shape index (κ2) is 5.98. The predicted molar refractivity (Wildman–Crippen MR) is 57.2 cm³/mol. The second-order valence-corrected chi connectivity index (χ2v) is 4.09. The summed E-state index contributed by atoms with van der Waals surface area (Å²) in [5.41, 5.74) is -0.737. The van der Waals surface area contributed by atoms with E-state index in [4.69, 9.17) is 4.74 Å². The molecule has 84 valence electrons. The Balaban J connectivity index is 3.85. The molecule has 1 atom stereocenters. The molecule has 0 rings (SSSR count). The van der Waals surface area contributed by atoms with Gasteiger partial charge in [-0.05, 0) is 33.4 Å². The molecule has 0 aliphatic heterocycles. The van der Waals surface area contributed by atoms with E-state index in [1.165, 1.54) is 7.11 Å². The van der Waals surface area contributed by atoms with E-state index in [1.807, 2.05) is 7.05 Å². The van der Waals surface area contributed by atoms with E-state index < -0.39 is 5.60 Å². The van der Waals surface area contributed by atoms with Crippen molar-refractivity contribution in [3.63, 3.8) is 0 Å². The van der Waals surface area contributed by atoms with Crippen LogP contribution in [0.2, 0.25) is 0 Å². The van der Waals surface area contributed by atoms with Crippen LogP contribution in [0.3, 0.4) is 0 Å². The lowest BCUT2D eigenvalue weighted by molar-refractivity contribution is -0.139. The molecule has 0 saturated carbocycles. The van der Waals surface area contributed by atoms with Gasteiger partial charge < -0.3 is 15.4 Å². The molecular weight excluding hydrogens is 180 g/mol. The molecule has 4 heteroatoms. The fourth-order valence-corrected chi connectivity index (χ4v) is 0.993. The molecular formula is C10H22N2O2. The minimum atomic E-state index is -0.737. The van der Waals surface area contributed by atoms with Crippen molar-refractivity contribution in [2.75, 3.05) is 27.2 Å². The number of rotatable bonds is 6. The smallest absolute Gasteiger partial charge is 0.251 e. The number of carbonyl (C=O) groups is 1. The Morgan fingerprint density at radius 1 is 1.43 bits per heavy atom. The van der Waals surface area contributed by atoms with Crippen molar-refractivity contribution < 1.29 is 9.53 Å². The minimum Gasteiger partial charge on any atom is -0.369 e. The van der Waals surface area contributed by atoms with Crippen LogP contribution in [0.1, 0.15) is 20.8 Å². The molecule has 0 aliphatic carbocycles. The van der Waals surface area contributed by atoms with Crippen LogP contribution in [0.4, 0.5) is 0 Å². The van der Waals surface area contributed by atoms with E-state index >= 15 is 0 Å². The van der Waals surface area contributed by atoms with Gasteiger partial charge in [0.1, 0.15) is 5.60 Å². The van der Waals surface area contributed by atoms with Crippen molar-refractivity contribution >= 4 is 5.91 Å². The van der Waals surface area contributed by atoms with Crippen LogP contribution in [0.15, 0.2) is 0 Å². The molecule has 0 aliphatic rings. The highest BCUT2D eigenvalue weighted by atomic mass is 16.5. The topological polar surface area (TPSA) is 50.4 Å². The predicted octanol–water partition coefficient (Wildman–Crippen LogP) is 0.383. The van der Waals surface area contributed by atoms with Gasteiger partial charge in [0.15, 0.2) is 0 Å². The van der Waals surface area contributed by atoms with Crippen molar-refractivity contribution in [2.24, 2.45) is 5.92 Å². The quantitative estimate of drug-likeness (QED) is 0.655. The van der Waals surface area contributed by atoms with Gasteiger partial charge in [0.25, 0.3) is 5.91 Å². The van der Waals surface area contributed by atoms with Crippen LogP contribution < -0.4 is 10.6 Å². The van der Waals surface area contributed by atoms with Crippen molar-refractivity contribution in [3.05, 3.63) is 0 Å². The first kappa shape index (κ1) is 13.4. The van der Waals surface area contributed by atoms with E-state index in [2.05, 4.69) is 17.6 Å². The Kier molecular flexibility index (Phi) is 5.72. The van der Waals surface area contributed by atoms with Gasteiger partial charge in [0, 0.05) is 13.7 Å². The third-order valence-electron chi connectivity index (χ3n) is 2.22. The SMILES string of the molecule is CNCC(C)CNC(=O)C(C)(C)OC. The molecule has 2 N–H and O–H groups in total. The lowest BCUT2D eigenvalue weighted by Crippen LogP contribution is -2.45. The van der Waals surface area contributed by atoms with Gasteiger partial charge in [-0.25, -0.2) is 0 Å². The van der Waals surface area contributed by atoms with Crippen LogP contribution >= 0.6 is 0 Å². The van der Waals surface area contributed by atoms with Crippen molar-refractivity contribution in [1.29, 1.82) is 0 Å². The van der Waals surface area contributed by atoms with Crippen molar-refractivity contribution in [1.82, 2.24) is 10.6 Å². The summed E-state index contributed by atoms with van der Waals surface area (Å²) in [7, 11) is 3.44. The Labute approximate surface area is 86.4 Å². The molecule has 0 fully saturated rings. The van der Waals surface area contributed by atoms with Gasteiger partial charge in [0.2, 0.25) is 0 Å². The van der Waals surface area contributed by atoms with Crippen LogP contribution in [-0.4, -0.2) is 38.8 Å². The van der Waals surface area contributed by atoms with Crippen LogP contribution in [0.5, 0.6) is 0 Å². The van der Waals surface area contributed by atoms with E-state index in [1.54, 1.807) is 13.8 Å². The highest BCUT2D eigenvalue weighted by Gasteiger charge is 2.26. The highest BCUT2D eigenvalue weighted by molar-refractivity contribution is 5.84. The zero-order valence-electron chi connectivity index (χ0n) is 9.81. The fourth-order valence-electron chi connectivity index (χ4n) is 0.993. The molecule has 14 heavy (non-hydrogen) atoms. The Morgan fingerprint density at radius 2 is 2.00 bits per heavy atom. The van der Waals surface area contributed by atoms with Crippen LogP contribution in [-0.2, 0) is 9.53 Å². The molecule has 1 unspecified atom stereocenters. The zero-order chi connectivity index (χ0) is 11.2. The zero-order valence-corrected chi connectivity index (χ0v) is 9.81. The van der Waals surface area contributed by atoms with Crippen molar-refractivity contribution in [3.8, 4) is 0 Å². The lowest BCUT2D eigenvalue weighted by atomic mass is 10.1. The van der Waals surface area contributed by atoms with Crippen LogP contribution in [0.25, 0.3) is 0 Å². The third kappa shape index (κ3) is 4.58. The van der Waals surface area contributed by atoms with Gasteiger partial charge in [-0.2, -0.15) is 0 Å². The summed E-state index contributed by atoms with van der Waals surface area (Å²) >= 11 is 0.